The second-order valence-corrected chi connectivity index (χ2v) is 10.7. The molecule has 0 spiro atoms. The lowest BCUT2D eigenvalue weighted by Crippen LogP contribution is -2.42. The minimum Gasteiger partial charge on any atom is -0.381 e. The second kappa shape index (κ2) is 12.1. The zero-order valence-corrected chi connectivity index (χ0v) is 21.6. The zero-order valence-electron chi connectivity index (χ0n) is 20.1. The molecule has 35 heavy (non-hydrogen) atoms. The molecule has 1 aliphatic carbocycles. The van der Waals surface area contributed by atoms with Crippen molar-refractivity contribution in [2.75, 3.05) is 43.6 Å². The van der Waals surface area contributed by atoms with Gasteiger partial charge < -0.3 is 25.4 Å². The van der Waals surface area contributed by atoms with Crippen LogP contribution in [0.5, 0.6) is 0 Å². The third-order valence-electron chi connectivity index (χ3n) is 7.35. The van der Waals surface area contributed by atoms with Gasteiger partial charge in [-0.15, -0.1) is 0 Å². The van der Waals surface area contributed by atoms with Gasteiger partial charge >= 0.3 is 0 Å². The van der Waals surface area contributed by atoms with E-state index in [1.165, 1.54) is 0 Å². The monoisotopic (exact) mass is 519 g/mol. The third kappa shape index (κ3) is 6.77. The van der Waals surface area contributed by atoms with E-state index in [1.54, 1.807) is 6.20 Å². The fraction of sp³-hybridized carbons (Fsp3) is 0.615. The van der Waals surface area contributed by atoms with E-state index in [0.29, 0.717) is 39.8 Å². The highest BCUT2D eigenvalue weighted by Crippen LogP contribution is 2.34. The molecule has 1 atom stereocenters. The van der Waals surface area contributed by atoms with E-state index in [2.05, 4.69) is 20.9 Å². The zero-order chi connectivity index (χ0) is 24.0. The van der Waals surface area contributed by atoms with Crippen molar-refractivity contribution < 1.29 is 9.47 Å². The summed E-state index contributed by atoms with van der Waals surface area (Å²) in [6, 6.07) is 7.26. The Morgan fingerprint density at radius 2 is 1.60 bits per heavy atom. The fourth-order valence-corrected chi connectivity index (χ4v) is 5.64. The van der Waals surface area contributed by atoms with E-state index in [1.807, 2.05) is 18.2 Å². The summed E-state index contributed by atoms with van der Waals surface area (Å²) in [5.41, 5.74) is 1.46. The van der Waals surface area contributed by atoms with Crippen molar-refractivity contribution >= 4 is 34.8 Å². The van der Waals surface area contributed by atoms with Gasteiger partial charge in [-0.05, 0) is 69.1 Å². The normalized spacial score (nSPS) is 25.5. The second-order valence-electron chi connectivity index (χ2n) is 9.93. The molecule has 2 saturated heterocycles. The lowest BCUT2D eigenvalue weighted by molar-refractivity contribution is 0.0699. The van der Waals surface area contributed by atoms with E-state index in [4.69, 9.17) is 37.7 Å². The predicted molar refractivity (Wildman–Crippen MR) is 142 cm³/mol. The first-order valence-electron chi connectivity index (χ1n) is 12.9. The SMILES string of the molecule is Clc1cnc(N[C@H]2CC[C@H](NC3CCOC3)CC2)cc1-c1nc(NCC2CCOCC2)ccc1Cl. The Morgan fingerprint density at radius 3 is 2.37 bits per heavy atom. The Balaban J connectivity index is 1.21. The molecule has 0 bridgehead atoms. The predicted octanol–water partition coefficient (Wildman–Crippen LogP) is 5.39. The van der Waals surface area contributed by atoms with Crippen molar-refractivity contribution in [3.63, 3.8) is 0 Å². The summed E-state index contributed by atoms with van der Waals surface area (Å²) < 4.78 is 11.0. The molecule has 2 aromatic rings. The number of nitrogens with one attached hydrogen (secondary N) is 3. The smallest absolute Gasteiger partial charge is 0.126 e. The van der Waals surface area contributed by atoms with Crippen molar-refractivity contribution in [3.05, 3.63) is 34.4 Å². The minimum absolute atomic E-state index is 0.394. The first kappa shape index (κ1) is 25.0. The maximum absolute atomic E-state index is 6.56. The van der Waals surface area contributed by atoms with Crippen LogP contribution in [0, 0.1) is 5.92 Å². The topological polar surface area (TPSA) is 80.3 Å². The van der Waals surface area contributed by atoms with Crippen molar-refractivity contribution in [2.45, 2.75) is 63.1 Å². The van der Waals surface area contributed by atoms with Crippen molar-refractivity contribution in [1.29, 1.82) is 0 Å². The molecule has 1 saturated carbocycles. The number of anilines is 2. The molecule has 0 radical (unpaired) electrons. The lowest BCUT2D eigenvalue weighted by atomic mass is 9.90. The molecule has 4 heterocycles. The molecule has 3 N–H and O–H groups in total. The molecule has 190 valence electrons. The average molecular weight is 521 g/mol. The summed E-state index contributed by atoms with van der Waals surface area (Å²) in [5.74, 6) is 2.21. The van der Waals surface area contributed by atoms with Gasteiger partial charge in [0.05, 0.1) is 22.3 Å². The largest absolute Gasteiger partial charge is 0.381 e. The molecular formula is C26H35Cl2N5O2. The number of aromatic nitrogens is 2. The highest BCUT2D eigenvalue weighted by atomic mass is 35.5. The van der Waals surface area contributed by atoms with Crippen LogP contribution in [-0.4, -0.2) is 61.1 Å². The summed E-state index contributed by atoms with van der Waals surface area (Å²) >= 11 is 13.1. The summed E-state index contributed by atoms with van der Waals surface area (Å²) in [5, 5.41) is 12.0. The van der Waals surface area contributed by atoms with Crippen LogP contribution >= 0.6 is 23.2 Å². The number of nitrogens with zero attached hydrogens (tertiary/aromatic N) is 2. The summed E-state index contributed by atoms with van der Waals surface area (Å²) in [7, 11) is 0. The lowest BCUT2D eigenvalue weighted by Gasteiger charge is -2.31. The molecular weight excluding hydrogens is 485 g/mol. The third-order valence-corrected chi connectivity index (χ3v) is 7.96. The number of hydrogen-bond acceptors (Lipinski definition) is 7. The Kier molecular flexibility index (Phi) is 8.63. The molecule has 5 rings (SSSR count). The van der Waals surface area contributed by atoms with Gasteiger partial charge in [-0.3, -0.25) is 0 Å². The van der Waals surface area contributed by atoms with Crippen LogP contribution in [0.1, 0.15) is 44.9 Å². The first-order valence-corrected chi connectivity index (χ1v) is 13.6. The number of pyridine rings is 2. The minimum atomic E-state index is 0.394. The van der Waals surface area contributed by atoms with Crippen molar-refractivity contribution in [3.8, 4) is 11.3 Å². The Morgan fingerprint density at radius 1 is 0.829 bits per heavy atom. The Labute approximate surface area is 217 Å². The van der Waals surface area contributed by atoms with Crippen LogP contribution in [0.15, 0.2) is 24.4 Å². The molecule has 7 nitrogen and oxygen atoms in total. The van der Waals surface area contributed by atoms with Gasteiger partial charge in [0.15, 0.2) is 0 Å². The van der Waals surface area contributed by atoms with Gasteiger partial charge in [-0.25, -0.2) is 9.97 Å². The molecule has 0 amide bonds. The van der Waals surface area contributed by atoms with Crippen molar-refractivity contribution in [1.82, 2.24) is 15.3 Å². The summed E-state index contributed by atoms with van der Waals surface area (Å²) in [4.78, 5) is 9.34. The average Bonchev–Trinajstić information content (AvgIpc) is 3.40. The summed E-state index contributed by atoms with van der Waals surface area (Å²) in [6.45, 7) is 4.27. The van der Waals surface area contributed by atoms with Gasteiger partial charge in [0.2, 0.25) is 0 Å². The highest BCUT2D eigenvalue weighted by Gasteiger charge is 2.25. The number of hydrogen-bond donors (Lipinski definition) is 3. The van der Waals surface area contributed by atoms with Gasteiger partial charge in [0, 0.05) is 56.3 Å². The quantitative estimate of drug-likeness (QED) is 0.431. The van der Waals surface area contributed by atoms with E-state index in [0.717, 1.165) is 95.1 Å². The molecule has 1 unspecified atom stereocenters. The van der Waals surface area contributed by atoms with Gasteiger partial charge in [-0.2, -0.15) is 0 Å². The van der Waals surface area contributed by atoms with Crippen LogP contribution in [-0.2, 0) is 9.47 Å². The molecule has 3 aliphatic rings. The Hall–Kier alpha value is -1.64. The van der Waals surface area contributed by atoms with Crippen LogP contribution in [0.4, 0.5) is 11.6 Å². The first-order chi connectivity index (χ1) is 17.1. The van der Waals surface area contributed by atoms with Crippen LogP contribution in [0.25, 0.3) is 11.3 Å². The van der Waals surface area contributed by atoms with Gasteiger partial charge in [0.25, 0.3) is 0 Å². The maximum Gasteiger partial charge on any atom is 0.126 e. The Bertz CT molecular complexity index is 974. The van der Waals surface area contributed by atoms with Crippen molar-refractivity contribution in [2.24, 2.45) is 5.92 Å². The van der Waals surface area contributed by atoms with E-state index < -0.39 is 0 Å². The van der Waals surface area contributed by atoms with Gasteiger partial charge in [-0.1, -0.05) is 23.2 Å². The van der Waals surface area contributed by atoms with E-state index >= 15 is 0 Å². The summed E-state index contributed by atoms with van der Waals surface area (Å²) in [6.07, 6.45) is 9.49. The number of halogens is 2. The van der Waals surface area contributed by atoms with Crippen LogP contribution < -0.4 is 16.0 Å². The number of rotatable bonds is 8. The molecule has 2 aromatic heterocycles. The standard InChI is InChI=1S/C26H35Cl2N5O2/c27-22-5-6-24(29-14-17-7-10-34-11-8-17)33-26(22)21-13-25(30-15-23(21)28)32-19-3-1-18(2-4-19)31-20-9-12-35-16-20/h5-6,13,15,17-20,31H,1-4,7-12,14,16H2,(H,29,33)(H,30,32)/t18-,19-,20?. The van der Waals surface area contributed by atoms with E-state index in [9.17, 15) is 0 Å². The molecule has 3 fully saturated rings. The van der Waals surface area contributed by atoms with Crippen LogP contribution in [0.2, 0.25) is 10.0 Å². The fourth-order valence-electron chi connectivity index (χ4n) is 5.24. The highest BCUT2D eigenvalue weighted by molar-refractivity contribution is 6.36. The number of ether oxygens (including phenoxy) is 2. The van der Waals surface area contributed by atoms with Crippen LogP contribution in [0.3, 0.4) is 0 Å². The maximum atomic E-state index is 6.56. The van der Waals surface area contributed by atoms with E-state index in [-0.39, 0.29) is 0 Å². The molecule has 2 aliphatic heterocycles. The van der Waals surface area contributed by atoms with Gasteiger partial charge in [0.1, 0.15) is 11.6 Å². The molecule has 9 heteroatoms. The molecule has 0 aromatic carbocycles.